The molecule has 0 aromatic carbocycles. The Hall–Kier alpha value is -0.940. The lowest BCUT2D eigenvalue weighted by atomic mass is 9.94. The quantitative estimate of drug-likeness (QED) is 0.835. The lowest BCUT2D eigenvalue weighted by Gasteiger charge is -2.22. The molecule has 0 spiro atoms. The second-order valence-electron chi connectivity index (χ2n) is 4.49. The molecule has 1 aromatic rings. The van der Waals surface area contributed by atoms with E-state index in [0.29, 0.717) is 13.0 Å². The summed E-state index contributed by atoms with van der Waals surface area (Å²) < 4.78 is 0. The van der Waals surface area contributed by atoms with Crippen molar-refractivity contribution in [3.05, 3.63) is 16.6 Å². The van der Waals surface area contributed by atoms with Crippen LogP contribution >= 0.6 is 11.3 Å². The number of nitrogens with one attached hydrogen (secondary N) is 1. The molecular weight excluding hydrogens is 222 g/mol. The number of hydrogen-bond acceptors (Lipinski definition) is 4. The van der Waals surface area contributed by atoms with Crippen molar-refractivity contribution in [3.8, 4) is 0 Å². The van der Waals surface area contributed by atoms with E-state index in [4.69, 9.17) is 5.73 Å². The lowest BCUT2D eigenvalue weighted by Crippen LogP contribution is -2.41. The van der Waals surface area contributed by atoms with Gasteiger partial charge in [-0.1, -0.05) is 12.8 Å². The third-order valence-electron chi connectivity index (χ3n) is 3.06. The van der Waals surface area contributed by atoms with E-state index in [9.17, 15) is 4.79 Å². The van der Waals surface area contributed by atoms with E-state index in [2.05, 4.69) is 10.3 Å². The molecule has 2 rings (SSSR count). The summed E-state index contributed by atoms with van der Waals surface area (Å²) in [5.74, 6) is 0.0535. The normalized spacial score (nSPS) is 18.6. The first-order valence-electron chi connectivity index (χ1n) is 5.61. The molecule has 0 unspecified atom stereocenters. The van der Waals surface area contributed by atoms with Crippen molar-refractivity contribution >= 4 is 17.2 Å². The maximum absolute atomic E-state index is 11.7. The molecule has 1 aliphatic rings. The molecule has 1 fully saturated rings. The third kappa shape index (κ3) is 3.02. The van der Waals surface area contributed by atoms with Crippen LogP contribution in [0.15, 0.2) is 11.7 Å². The van der Waals surface area contributed by atoms with Crippen LogP contribution in [0.1, 0.15) is 37.0 Å². The number of hydrogen-bond donors (Lipinski definition) is 2. The fourth-order valence-corrected chi connectivity index (χ4v) is 2.69. The standard InChI is InChI=1S/C11H17N3OS/c12-11(3-1-2-4-11)5-10(15)14-7-9-6-13-8-16-9/h6,8H,1-5,7,12H2,(H,14,15). The number of carbonyl (C=O) groups is 1. The smallest absolute Gasteiger partial charge is 0.222 e. The van der Waals surface area contributed by atoms with Gasteiger partial charge in [-0.15, -0.1) is 11.3 Å². The fourth-order valence-electron chi connectivity index (χ4n) is 2.15. The molecule has 16 heavy (non-hydrogen) atoms. The first kappa shape index (κ1) is 11.5. The number of nitrogens with two attached hydrogens (primary N) is 1. The minimum absolute atomic E-state index is 0.0535. The summed E-state index contributed by atoms with van der Waals surface area (Å²) in [4.78, 5) is 16.7. The number of carbonyl (C=O) groups excluding carboxylic acids is 1. The second kappa shape index (κ2) is 4.93. The molecule has 0 bridgehead atoms. The van der Waals surface area contributed by atoms with Gasteiger partial charge in [-0.05, 0) is 12.8 Å². The predicted molar refractivity (Wildman–Crippen MR) is 64.0 cm³/mol. The summed E-state index contributed by atoms with van der Waals surface area (Å²) in [5.41, 5.74) is 7.65. The van der Waals surface area contributed by atoms with Crippen LogP contribution in [0.2, 0.25) is 0 Å². The lowest BCUT2D eigenvalue weighted by molar-refractivity contribution is -0.122. The molecule has 1 aliphatic carbocycles. The Labute approximate surface area is 99.3 Å². The van der Waals surface area contributed by atoms with Crippen LogP contribution in [0.4, 0.5) is 0 Å². The summed E-state index contributed by atoms with van der Waals surface area (Å²) in [5, 5.41) is 2.89. The van der Waals surface area contributed by atoms with Crippen LogP contribution in [-0.4, -0.2) is 16.4 Å². The fraction of sp³-hybridized carbons (Fsp3) is 0.636. The van der Waals surface area contributed by atoms with Gasteiger partial charge < -0.3 is 11.1 Å². The third-order valence-corrected chi connectivity index (χ3v) is 3.83. The van der Waals surface area contributed by atoms with E-state index < -0.39 is 0 Å². The summed E-state index contributed by atoms with van der Waals surface area (Å²) in [6.07, 6.45) is 6.48. The zero-order valence-electron chi connectivity index (χ0n) is 9.24. The first-order valence-corrected chi connectivity index (χ1v) is 6.49. The molecule has 1 heterocycles. The Balaban J connectivity index is 1.76. The van der Waals surface area contributed by atoms with Crippen molar-refractivity contribution in [3.63, 3.8) is 0 Å². The minimum atomic E-state index is -0.252. The number of nitrogens with zero attached hydrogens (tertiary/aromatic N) is 1. The highest BCUT2D eigenvalue weighted by atomic mass is 32.1. The van der Waals surface area contributed by atoms with E-state index in [1.807, 2.05) is 0 Å². The number of aromatic nitrogens is 1. The molecule has 4 nitrogen and oxygen atoms in total. The Morgan fingerprint density at radius 2 is 2.31 bits per heavy atom. The minimum Gasteiger partial charge on any atom is -0.351 e. The molecule has 88 valence electrons. The van der Waals surface area contributed by atoms with Crippen LogP contribution < -0.4 is 11.1 Å². The molecule has 5 heteroatoms. The largest absolute Gasteiger partial charge is 0.351 e. The van der Waals surface area contributed by atoms with Crippen molar-refractivity contribution in [1.82, 2.24) is 10.3 Å². The van der Waals surface area contributed by atoms with Crippen molar-refractivity contribution in [2.24, 2.45) is 5.73 Å². The SMILES string of the molecule is NC1(CC(=O)NCc2cncs2)CCCC1. The van der Waals surface area contributed by atoms with Gasteiger partial charge in [0.15, 0.2) is 0 Å². The average Bonchev–Trinajstić information content (AvgIpc) is 2.86. The van der Waals surface area contributed by atoms with Crippen molar-refractivity contribution in [2.75, 3.05) is 0 Å². The van der Waals surface area contributed by atoms with Crippen LogP contribution in [-0.2, 0) is 11.3 Å². The average molecular weight is 239 g/mol. The molecule has 0 saturated heterocycles. The Morgan fingerprint density at radius 1 is 1.56 bits per heavy atom. The van der Waals surface area contributed by atoms with Crippen LogP contribution in [0.25, 0.3) is 0 Å². The molecule has 1 aromatic heterocycles. The molecule has 0 atom stereocenters. The molecule has 1 saturated carbocycles. The maximum Gasteiger partial charge on any atom is 0.222 e. The maximum atomic E-state index is 11.7. The number of rotatable bonds is 4. The molecule has 3 N–H and O–H groups in total. The predicted octanol–water partition coefficient (Wildman–Crippen LogP) is 1.42. The van der Waals surface area contributed by atoms with E-state index in [0.717, 1.165) is 30.6 Å². The summed E-state index contributed by atoms with van der Waals surface area (Å²) in [7, 11) is 0. The number of amides is 1. The van der Waals surface area contributed by atoms with Gasteiger partial charge in [-0.25, -0.2) is 0 Å². The van der Waals surface area contributed by atoms with Crippen LogP contribution in [0.3, 0.4) is 0 Å². The van der Waals surface area contributed by atoms with E-state index >= 15 is 0 Å². The van der Waals surface area contributed by atoms with E-state index in [1.165, 1.54) is 0 Å². The highest BCUT2D eigenvalue weighted by Gasteiger charge is 2.31. The van der Waals surface area contributed by atoms with Gasteiger partial charge >= 0.3 is 0 Å². The van der Waals surface area contributed by atoms with Crippen LogP contribution in [0, 0.1) is 0 Å². The van der Waals surface area contributed by atoms with Crippen LogP contribution in [0.5, 0.6) is 0 Å². The Morgan fingerprint density at radius 3 is 2.94 bits per heavy atom. The zero-order chi connectivity index (χ0) is 11.4. The van der Waals surface area contributed by atoms with E-state index in [1.54, 1.807) is 23.0 Å². The van der Waals surface area contributed by atoms with Crippen molar-refractivity contribution in [1.29, 1.82) is 0 Å². The van der Waals surface area contributed by atoms with E-state index in [-0.39, 0.29) is 11.4 Å². The molecule has 0 aliphatic heterocycles. The van der Waals surface area contributed by atoms with Crippen molar-refractivity contribution < 1.29 is 4.79 Å². The summed E-state index contributed by atoms with van der Waals surface area (Å²) >= 11 is 1.55. The van der Waals surface area contributed by atoms with Gasteiger partial charge in [0.2, 0.25) is 5.91 Å². The monoisotopic (exact) mass is 239 g/mol. The highest BCUT2D eigenvalue weighted by Crippen LogP contribution is 2.29. The first-order chi connectivity index (χ1) is 7.68. The van der Waals surface area contributed by atoms with Gasteiger partial charge in [0.1, 0.15) is 0 Å². The topological polar surface area (TPSA) is 68.0 Å². The van der Waals surface area contributed by atoms with Crippen molar-refractivity contribution in [2.45, 2.75) is 44.2 Å². The van der Waals surface area contributed by atoms with Gasteiger partial charge in [0.25, 0.3) is 0 Å². The highest BCUT2D eigenvalue weighted by molar-refractivity contribution is 7.09. The molecule has 0 radical (unpaired) electrons. The zero-order valence-corrected chi connectivity index (χ0v) is 10.1. The Bertz CT molecular complexity index is 344. The summed E-state index contributed by atoms with van der Waals surface area (Å²) in [6.45, 7) is 0.569. The molecule has 1 amide bonds. The van der Waals surface area contributed by atoms with Gasteiger partial charge in [-0.2, -0.15) is 0 Å². The molecular formula is C11H17N3OS. The summed E-state index contributed by atoms with van der Waals surface area (Å²) in [6, 6.07) is 0. The van der Waals surface area contributed by atoms with Gasteiger partial charge in [0, 0.05) is 23.0 Å². The Kier molecular flexibility index (Phi) is 3.56. The van der Waals surface area contributed by atoms with Gasteiger partial charge in [-0.3, -0.25) is 9.78 Å². The van der Waals surface area contributed by atoms with Gasteiger partial charge in [0.05, 0.1) is 12.1 Å². The second-order valence-corrected chi connectivity index (χ2v) is 5.46. The number of thiazole rings is 1.